The molecule has 0 bridgehead atoms. The van der Waals surface area contributed by atoms with Crippen molar-refractivity contribution >= 4 is 12.1 Å². The minimum atomic E-state index is -0.522. The van der Waals surface area contributed by atoms with Crippen molar-refractivity contribution in [3.8, 4) is 0 Å². The van der Waals surface area contributed by atoms with E-state index in [4.69, 9.17) is 9.47 Å². The van der Waals surface area contributed by atoms with Crippen LogP contribution in [0.3, 0.4) is 0 Å². The third-order valence-electron chi connectivity index (χ3n) is 3.54. The summed E-state index contributed by atoms with van der Waals surface area (Å²) in [6.45, 7) is 10.3. The van der Waals surface area contributed by atoms with E-state index in [0.717, 1.165) is 6.42 Å². The minimum Gasteiger partial charge on any atom is -0.466 e. The molecule has 1 aliphatic heterocycles. The number of methoxy groups -OCH3 is 1. The van der Waals surface area contributed by atoms with Gasteiger partial charge in [-0.15, -0.1) is 0 Å². The van der Waals surface area contributed by atoms with Crippen molar-refractivity contribution in [2.24, 2.45) is 5.41 Å². The van der Waals surface area contributed by atoms with Crippen molar-refractivity contribution in [3.63, 3.8) is 0 Å². The zero-order valence-electron chi connectivity index (χ0n) is 13.3. The molecule has 1 unspecified atom stereocenters. The van der Waals surface area contributed by atoms with Crippen molar-refractivity contribution in [3.05, 3.63) is 11.6 Å². The molecule has 1 aliphatic rings. The highest BCUT2D eigenvalue weighted by molar-refractivity contribution is 5.90. The molecule has 1 heterocycles. The Bertz CT molecular complexity index is 422. The van der Waals surface area contributed by atoms with E-state index in [1.165, 1.54) is 7.11 Å². The van der Waals surface area contributed by atoms with Crippen LogP contribution in [0.2, 0.25) is 0 Å². The highest BCUT2D eigenvalue weighted by Gasteiger charge is 2.39. The molecule has 0 fully saturated rings. The van der Waals surface area contributed by atoms with E-state index in [1.807, 2.05) is 34.6 Å². The van der Waals surface area contributed by atoms with E-state index >= 15 is 0 Å². The summed E-state index contributed by atoms with van der Waals surface area (Å²) in [5.41, 5.74) is -0.281. The first-order valence-electron chi connectivity index (χ1n) is 6.90. The van der Waals surface area contributed by atoms with E-state index in [-0.39, 0.29) is 12.1 Å². The maximum Gasteiger partial charge on any atom is 0.410 e. The third kappa shape index (κ3) is 3.74. The molecule has 1 atom stereocenters. The van der Waals surface area contributed by atoms with Gasteiger partial charge in [0.05, 0.1) is 7.11 Å². The lowest BCUT2D eigenvalue weighted by molar-refractivity contribution is -0.137. The normalized spacial score (nSPS) is 23.1. The molecule has 20 heavy (non-hydrogen) atoms. The van der Waals surface area contributed by atoms with Crippen LogP contribution in [0.5, 0.6) is 0 Å². The number of nitrogens with zero attached hydrogens (tertiary/aromatic N) is 1. The Morgan fingerprint density at radius 2 is 2.00 bits per heavy atom. The average molecular weight is 283 g/mol. The molecule has 0 aromatic rings. The molecule has 1 amide bonds. The summed E-state index contributed by atoms with van der Waals surface area (Å²) in [6.07, 6.45) is 2.16. The molecule has 5 heteroatoms. The van der Waals surface area contributed by atoms with Crippen LogP contribution in [0.15, 0.2) is 11.6 Å². The number of rotatable bonds is 2. The number of amides is 1. The van der Waals surface area contributed by atoms with Crippen LogP contribution in [0.4, 0.5) is 4.79 Å². The molecule has 0 radical (unpaired) electrons. The summed E-state index contributed by atoms with van der Waals surface area (Å²) in [6, 6.07) is 0. The van der Waals surface area contributed by atoms with E-state index in [9.17, 15) is 9.59 Å². The van der Waals surface area contributed by atoms with Crippen LogP contribution in [0, 0.1) is 5.41 Å². The van der Waals surface area contributed by atoms with Crippen molar-refractivity contribution in [1.29, 1.82) is 0 Å². The molecule has 0 aliphatic carbocycles. The maximum atomic E-state index is 12.1. The summed E-state index contributed by atoms with van der Waals surface area (Å²) in [7, 11) is 1.37. The zero-order chi connectivity index (χ0) is 15.6. The standard InChI is InChI=1S/C15H25NO4/c1-7-15(5)10-16(13(18)20-14(2,3)4)9-8-11(15)12(17)19-6/h8H,7,9-10H2,1-6H3. The van der Waals surface area contributed by atoms with Gasteiger partial charge in [-0.25, -0.2) is 9.59 Å². The zero-order valence-corrected chi connectivity index (χ0v) is 13.3. The fraction of sp³-hybridized carbons (Fsp3) is 0.733. The molecule has 0 saturated carbocycles. The van der Waals surface area contributed by atoms with Crippen molar-refractivity contribution in [2.45, 2.75) is 46.6 Å². The van der Waals surface area contributed by atoms with Gasteiger partial charge in [0.1, 0.15) is 5.60 Å². The monoisotopic (exact) mass is 283 g/mol. The third-order valence-corrected chi connectivity index (χ3v) is 3.54. The predicted octanol–water partition coefficient (Wildman–Crippen LogP) is 2.75. The highest BCUT2D eigenvalue weighted by atomic mass is 16.6. The number of ether oxygens (including phenoxy) is 2. The first-order valence-corrected chi connectivity index (χ1v) is 6.90. The maximum absolute atomic E-state index is 12.1. The van der Waals surface area contributed by atoms with Gasteiger partial charge in [0.25, 0.3) is 0 Å². The minimum absolute atomic E-state index is 0.321. The Balaban J connectivity index is 2.92. The Kier molecular flexibility index (Phi) is 4.84. The van der Waals surface area contributed by atoms with Crippen LogP contribution in [0.1, 0.15) is 41.0 Å². The van der Waals surface area contributed by atoms with Crippen molar-refractivity contribution in [2.75, 3.05) is 20.2 Å². The number of carbonyl (C=O) groups excluding carboxylic acids is 2. The Morgan fingerprint density at radius 3 is 2.45 bits per heavy atom. The number of carbonyl (C=O) groups is 2. The van der Waals surface area contributed by atoms with Gasteiger partial charge in [-0.3, -0.25) is 0 Å². The lowest BCUT2D eigenvalue weighted by Gasteiger charge is -2.39. The fourth-order valence-electron chi connectivity index (χ4n) is 2.23. The first-order chi connectivity index (χ1) is 9.13. The van der Waals surface area contributed by atoms with Crippen LogP contribution >= 0.6 is 0 Å². The molecule has 0 spiro atoms. The van der Waals surface area contributed by atoms with E-state index in [0.29, 0.717) is 18.7 Å². The Hall–Kier alpha value is -1.52. The first kappa shape index (κ1) is 16.5. The summed E-state index contributed by atoms with van der Waals surface area (Å²) in [5, 5.41) is 0. The van der Waals surface area contributed by atoms with Crippen molar-refractivity contribution < 1.29 is 19.1 Å². The van der Waals surface area contributed by atoms with Gasteiger partial charge in [-0.05, 0) is 27.2 Å². The van der Waals surface area contributed by atoms with Crippen molar-refractivity contribution in [1.82, 2.24) is 4.90 Å². The van der Waals surface area contributed by atoms with Gasteiger partial charge >= 0.3 is 12.1 Å². The molecule has 0 aromatic carbocycles. The molecular weight excluding hydrogens is 258 g/mol. The van der Waals surface area contributed by atoms with Gasteiger partial charge in [0.15, 0.2) is 0 Å². The van der Waals surface area contributed by atoms with Gasteiger partial charge in [-0.2, -0.15) is 0 Å². The molecule has 0 N–H and O–H groups in total. The topological polar surface area (TPSA) is 55.8 Å². The number of hydrogen-bond donors (Lipinski definition) is 0. The van der Waals surface area contributed by atoms with E-state index in [1.54, 1.807) is 11.0 Å². The summed E-state index contributed by atoms with van der Waals surface area (Å²) in [4.78, 5) is 25.6. The second-order valence-corrected chi connectivity index (χ2v) is 6.38. The Labute approximate surface area is 120 Å². The molecule has 114 valence electrons. The van der Waals surface area contributed by atoms with E-state index in [2.05, 4.69) is 0 Å². The van der Waals surface area contributed by atoms with Crippen LogP contribution in [-0.2, 0) is 14.3 Å². The lowest BCUT2D eigenvalue weighted by Crippen LogP contribution is -2.47. The van der Waals surface area contributed by atoms with Crippen LogP contribution in [-0.4, -0.2) is 42.8 Å². The second-order valence-electron chi connectivity index (χ2n) is 6.38. The molecule has 1 rings (SSSR count). The van der Waals surface area contributed by atoms with Gasteiger partial charge in [0.2, 0.25) is 0 Å². The number of hydrogen-bond acceptors (Lipinski definition) is 4. The average Bonchev–Trinajstić information content (AvgIpc) is 2.35. The van der Waals surface area contributed by atoms with Crippen LogP contribution in [0.25, 0.3) is 0 Å². The molecule has 0 aromatic heterocycles. The quantitative estimate of drug-likeness (QED) is 0.731. The molecule has 5 nitrogen and oxygen atoms in total. The largest absolute Gasteiger partial charge is 0.466 e. The molecule has 0 saturated heterocycles. The highest BCUT2D eigenvalue weighted by Crippen LogP contribution is 2.36. The summed E-state index contributed by atoms with van der Waals surface area (Å²) < 4.78 is 10.2. The number of esters is 1. The van der Waals surface area contributed by atoms with Gasteiger partial charge in [-0.1, -0.05) is 19.9 Å². The second kappa shape index (κ2) is 5.85. The smallest absolute Gasteiger partial charge is 0.410 e. The van der Waals surface area contributed by atoms with Gasteiger partial charge < -0.3 is 14.4 Å². The molecular formula is C15H25NO4. The lowest BCUT2D eigenvalue weighted by atomic mass is 9.77. The predicted molar refractivity (Wildman–Crippen MR) is 76.3 cm³/mol. The summed E-state index contributed by atoms with van der Waals surface area (Å²) in [5.74, 6) is -0.321. The fourth-order valence-corrected chi connectivity index (χ4v) is 2.23. The van der Waals surface area contributed by atoms with E-state index < -0.39 is 11.0 Å². The summed E-state index contributed by atoms with van der Waals surface area (Å²) >= 11 is 0. The Morgan fingerprint density at radius 1 is 1.40 bits per heavy atom. The van der Waals surface area contributed by atoms with Crippen LogP contribution < -0.4 is 0 Å². The SMILES string of the molecule is CCC1(C)CN(C(=O)OC(C)(C)C)CC=C1C(=O)OC. The van der Waals surface area contributed by atoms with Gasteiger partial charge in [0, 0.05) is 24.1 Å².